The maximum atomic E-state index is 11.5. The van der Waals surface area contributed by atoms with Crippen LogP contribution in [0.15, 0.2) is 18.5 Å². The highest BCUT2D eigenvalue weighted by molar-refractivity contribution is 7.91. The summed E-state index contributed by atoms with van der Waals surface area (Å²) in [4.78, 5) is 6.04. The molecule has 94 valence electrons. The van der Waals surface area contributed by atoms with E-state index in [0.717, 1.165) is 11.3 Å². The van der Waals surface area contributed by atoms with E-state index < -0.39 is 9.84 Å². The summed E-state index contributed by atoms with van der Waals surface area (Å²) >= 11 is 0. The number of anilines is 1. The lowest BCUT2D eigenvalue weighted by atomic mass is 10.1. The van der Waals surface area contributed by atoms with Gasteiger partial charge in [-0.15, -0.1) is 0 Å². The van der Waals surface area contributed by atoms with Gasteiger partial charge < -0.3 is 10.6 Å². The molecule has 0 amide bonds. The molecule has 1 aromatic heterocycles. The lowest BCUT2D eigenvalue weighted by molar-refractivity contribution is 0.601. The van der Waals surface area contributed by atoms with Gasteiger partial charge in [-0.3, -0.25) is 4.98 Å². The molecule has 2 N–H and O–H groups in total. The number of hydrogen-bond donors (Lipinski definition) is 1. The van der Waals surface area contributed by atoms with Crippen molar-refractivity contribution in [1.82, 2.24) is 4.98 Å². The van der Waals surface area contributed by atoms with Crippen molar-refractivity contribution in [2.75, 3.05) is 23.5 Å². The van der Waals surface area contributed by atoms with Gasteiger partial charge in [0.1, 0.15) is 0 Å². The third-order valence-electron chi connectivity index (χ3n) is 3.23. The molecule has 0 aromatic carbocycles. The Hall–Kier alpha value is -1.14. The van der Waals surface area contributed by atoms with Gasteiger partial charge in [-0.2, -0.15) is 0 Å². The van der Waals surface area contributed by atoms with Crippen molar-refractivity contribution < 1.29 is 8.42 Å². The smallest absolute Gasteiger partial charge is 0.152 e. The first kappa shape index (κ1) is 12.3. The van der Waals surface area contributed by atoms with Gasteiger partial charge in [-0.1, -0.05) is 0 Å². The van der Waals surface area contributed by atoms with E-state index in [0.29, 0.717) is 13.0 Å². The Morgan fingerprint density at radius 2 is 2.35 bits per heavy atom. The Balaban J connectivity index is 2.23. The largest absolute Gasteiger partial charge is 0.370 e. The first-order valence-corrected chi connectivity index (χ1v) is 7.42. The van der Waals surface area contributed by atoms with Gasteiger partial charge in [-0.25, -0.2) is 8.42 Å². The lowest BCUT2D eigenvalue weighted by Gasteiger charge is -2.27. The highest BCUT2D eigenvalue weighted by Crippen LogP contribution is 2.25. The van der Waals surface area contributed by atoms with Gasteiger partial charge in [0, 0.05) is 43.3 Å². The highest BCUT2D eigenvalue weighted by Gasteiger charge is 2.31. The predicted octanol–water partition coefficient (Wildman–Crippen LogP) is 0.164. The molecule has 17 heavy (non-hydrogen) atoms. The third-order valence-corrected chi connectivity index (χ3v) is 4.98. The minimum absolute atomic E-state index is 0.0488. The normalized spacial score (nSPS) is 22.6. The Morgan fingerprint density at radius 3 is 2.94 bits per heavy atom. The van der Waals surface area contributed by atoms with Crippen LogP contribution in [0.5, 0.6) is 0 Å². The van der Waals surface area contributed by atoms with Crippen LogP contribution in [0.2, 0.25) is 0 Å². The van der Waals surface area contributed by atoms with E-state index in [9.17, 15) is 8.42 Å². The lowest BCUT2D eigenvalue weighted by Crippen LogP contribution is -2.33. The molecule has 1 aliphatic rings. The molecule has 1 unspecified atom stereocenters. The molecule has 0 radical (unpaired) electrons. The molecule has 2 heterocycles. The van der Waals surface area contributed by atoms with Crippen molar-refractivity contribution in [3.8, 4) is 0 Å². The second-order valence-corrected chi connectivity index (χ2v) is 6.60. The monoisotopic (exact) mass is 255 g/mol. The fraction of sp³-hybridized carbons (Fsp3) is 0.545. The van der Waals surface area contributed by atoms with Crippen LogP contribution in [0.25, 0.3) is 0 Å². The van der Waals surface area contributed by atoms with Crippen LogP contribution in [-0.4, -0.2) is 38.0 Å². The van der Waals surface area contributed by atoms with Crippen molar-refractivity contribution in [1.29, 1.82) is 0 Å². The van der Waals surface area contributed by atoms with Gasteiger partial charge in [0.25, 0.3) is 0 Å². The number of nitrogens with two attached hydrogens (primary N) is 1. The second kappa shape index (κ2) is 4.62. The van der Waals surface area contributed by atoms with Gasteiger partial charge >= 0.3 is 0 Å². The highest BCUT2D eigenvalue weighted by atomic mass is 32.2. The number of hydrogen-bond acceptors (Lipinski definition) is 5. The molecule has 1 fully saturated rings. The van der Waals surface area contributed by atoms with E-state index in [1.165, 1.54) is 0 Å². The summed E-state index contributed by atoms with van der Waals surface area (Å²) in [5.74, 6) is 0.515. The maximum Gasteiger partial charge on any atom is 0.152 e. The molecule has 2 rings (SSSR count). The Labute approximate surface area is 102 Å². The summed E-state index contributed by atoms with van der Waals surface area (Å²) in [5.41, 5.74) is 7.58. The molecule has 1 saturated heterocycles. The summed E-state index contributed by atoms with van der Waals surface area (Å²) in [6.45, 7) is 0.410. The number of aromatic nitrogens is 1. The van der Waals surface area contributed by atoms with Gasteiger partial charge in [0.2, 0.25) is 0 Å². The zero-order valence-electron chi connectivity index (χ0n) is 9.83. The zero-order chi connectivity index (χ0) is 12.5. The molecular weight excluding hydrogens is 238 g/mol. The van der Waals surface area contributed by atoms with E-state index in [1.807, 2.05) is 18.0 Å². The van der Waals surface area contributed by atoms with Crippen molar-refractivity contribution in [3.05, 3.63) is 24.0 Å². The van der Waals surface area contributed by atoms with E-state index in [2.05, 4.69) is 4.98 Å². The van der Waals surface area contributed by atoms with Crippen molar-refractivity contribution >= 4 is 15.5 Å². The number of sulfone groups is 1. The molecule has 1 atom stereocenters. The molecule has 6 heteroatoms. The quantitative estimate of drug-likeness (QED) is 0.833. The average Bonchev–Trinajstić information content (AvgIpc) is 2.68. The number of rotatable bonds is 3. The zero-order valence-corrected chi connectivity index (χ0v) is 10.7. The Morgan fingerprint density at radius 1 is 1.59 bits per heavy atom. The van der Waals surface area contributed by atoms with Gasteiger partial charge in [0.05, 0.1) is 11.5 Å². The van der Waals surface area contributed by atoms with E-state index in [1.54, 1.807) is 12.4 Å². The van der Waals surface area contributed by atoms with Crippen LogP contribution < -0.4 is 10.6 Å². The van der Waals surface area contributed by atoms with Crippen molar-refractivity contribution in [2.24, 2.45) is 5.73 Å². The van der Waals surface area contributed by atoms with E-state index in [4.69, 9.17) is 5.73 Å². The molecule has 0 saturated carbocycles. The second-order valence-electron chi connectivity index (χ2n) is 4.38. The molecule has 5 nitrogen and oxygen atoms in total. The fourth-order valence-corrected chi connectivity index (χ4v) is 3.97. The molecule has 1 aliphatic heterocycles. The molecule has 1 aromatic rings. The van der Waals surface area contributed by atoms with Crippen molar-refractivity contribution in [3.63, 3.8) is 0 Å². The minimum atomic E-state index is -2.86. The van der Waals surface area contributed by atoms with Crippen LogP contribution in [0.1, 0.15) is 12.0 Å². The van der Waals surface area contributed by atoms with Crippen LogP contribution >= 0.6 is 0 Å². The summed E-state index contributed by atoms with van der Waals surface area (Å²) < 4.78 is 22.9. The van der Waals surface area contributed by atoms with Gasteiger partial charge in [0.15, 0.2) is 9.84 Å². The van der Waals surface area contributed by atoms with Crippen molar-refractivity contribution in [2.45, 2.75) is 19.0 Å². The number of nitrogens with zero attached hydrogens (tertiary/aromatic N) is 2. The Kier molecular flexibility index (Phi) is 3.35. The van der Waals surface area contributed by atoms with E-state index >= 15 is 0 Å². The van der Waals surface area contributed by atoms with Crippen LogP contribution in [-0.2, 0) is 16.4 Å². The van der Waals surface area contributed by atoms with Crippen LogP contribution in [0.4, 0.5) is 5.69 Å². The molecule has 0 spiro atoms. The minimum Gasteiger partial charge on any atom is -0.370 e. The summed E-state index contributed by atoms with van der Waals surface area (Å²) in [6, 6.07) is 1.93. The number of pyridine rings is 1. The first-order chi connectivity index (χ1) is 8.03. The predicted molar refractivity (Wildman–Crippen MR) is 67.6 cm³/mol. The van der Waals surface area contributed by atoms with Gasteiger partial charge in [-0.05, 0) is 12.5 Å². The first-order valence-electron chi connectivity index (χ1n) is 5.60. The summed E-state index contributed by atoms with van der Waals surface area (Å²) in [6.07, 6.45) is 4.12. The SMILES string of the molecule is CN(c1ccncc1CN)C1CCS(=O)(=O)C1. The molecular formula is C11H17N3O2S. The average molecular weight is 255 g/mol. The molecule has 0 aliphatic carbocycles. The van der Waals surface area contributed by atoms with Crippen LogP contribution in [0, 0.1) is 0 Å². The standard InChI is InChI=1S/C11H17N3O2S/c1-14(10-3-5-17(15,16)8-10)11-2-4-13-7-9(11)6-12/h2,4,7,10H,3,5-6,8,12H2,1H3. The maximum absolute atomic E-state index is 11.5. The summed E-state index contributed by atoms with van der Waals surface area (Å²) in [5, 5.41) is 0. The fourth-order valence-electron chi connectivity index (χ4n) is 2.20. The van der Waals surface area contributed by atoms with Crippen LogP contribution in [0.3, 0.4) is 0 Å². The topological polar surface area (TPSA) is 76.3 Å². The third kappa shape index (κ3) is 2.58. The summed E-state index contributed by atoms with van der Waals surface area (Å²) in [7, 11) is -0.940. The van der Waals surface area contributed by atoms with E-state index in [-0.39, 0.29) is 17.5 Å². The molecule has 0 bridgehead atoms. The Bertz CT molecular complexity index is 501.